The van der Waals surface area contributed by atoms with Gasteiger partial charge in [0.15, 0.2) is 0 Å². The van der Waals surface area contributed by atoms with Crippen LogP contribution in [0.3, 0.4) is 0 Å². The predicted molar refractivity (Wildman–Crippen MR) is 51.3 cm³/mol. The largest absolute Gasteiger partial charge is 0.374 e. The molecule has 1 aliphatic heterocycles. The average molecular weight is 171 g/mol. The minimum Gasteiger partial charge on any atom is -0.374 e. The second-order valence-electron chi connectivity index (χ2n) is 3.89. The number of likely N-dealkylation sites (N-methyl/N-ethyl adjacent to an activating group) is 1. The predicted octanol–water partition coefficient (Wildman–Crippen LogP) is 1.94. The van der Waals surface area contributed by atoms with Gasteiger partial charge in [-0.25, -0.2) is 0 Å². The Morgan fingerprint density at radius 1 is 1.58 bits per heavy atom. The molecule has 1 rings (SSSR count). The molecule has 2 nitrogen and oxygen atoms in total. The molecule has 12 heavy (non-hydrogen) atoms. The first kappa shape index (κ1) is 10.0. The Morgan fingerprint density at radius 2 is 2.33 bits per heavy atom. The number of nitrogens with one attached hydrogen (secondary N) is 1. The van der Waals surface area contributed by atoms with Crippen LogP contribution in [0.1, 0.15) is 39.5 Å². The summed E-state index contributed by atoms with van der Waals surface area (Å²) in [5.74, 6) is 0. The number of hydrogen-bond acceptors (Lipinski definition) is 2. The quantitative estimate of drug-likeness (QED) is 0.698. The molecule has 0 radical (unpaired) electrons. The Kier molecular flexibility index (Phi) is 3.53. The zero-order chi connectivity index (χ0) is 9.03. The monoisotopic (exact) mass is 171 g/mol. The van der Waals surface area contributed by atoms with Crippen molar-refractivity contribution in [1.29, 1.82) is 0 Å². The molecule has 1 aliphatic rings. The van der Waals surface area contributed by atoms with Crippen LogP contribution in [0.25, 0.3) is 0 Å². The van der Waals surface area contributed by atoms with E-state index in [-0.39, 0.29) is 5.60 Å². The molecule has 0 bridgehead atoms. The molecule has 0 spiro atoms. The third kappa shape index (κ3) is 1.99. The van der Waals surface area contributed by atoms with Crippen molar-refractivity contribution in [2.75, 3.05) is 13.7 Å². The Labute approximate surface area is 75.7 Å². The molecular weight excluding hydrogens is 150 g/mol. The van der Waals surface area contributed by atoms with Crippen molar-refractivity contribution in [2.45, 2.75) is 51.2 Å². The molecule has 1 N–H and O–H groups in total. The lowest BCUT2D eigenvalue weighted by Crippen LogP contribution is -2.46. The van der Waals surface area contributed by atoms with Gasteiger partial charge in [0, 0.05) is 12.6 Å². The summed E-state index contributed by atoms with van der Waals surface area (Å²) < 4.78 is 5.78. The molecule has 0 aliphatic carbocycles. The van der Waals surface area contributed by atoms with Crippen molar-refractivity contribution >= 4 is 0 Å². The van der Waals surface area contributed by atoms with Crippen LogP contribution in [0.5, 0.6) is 0 Å². The molecule has 2 heteroatoms. The number of rotatable bonds is 4. The highest BCUT2D eigenvalue weighted by Crippen LogP contribution is 2.30. The summed E-state index contributed by atoms with van der Waals surface area (Å²) in [5, 5.41) is 3.36. The maximum absolute atomic E-state index is 5.78. The number of ether oxygens (including phenoxy) is 1. The van der Waals surface area contributed by atoms with Gasteiger partial charge in [-0.15, -0.1) is 0 Å². The van der Waals surface area contributed by atoms with Gasteiger partial charge in [-0.2, -0.15) is 0 Å². The molecule has 2 atom stereocenters. The van der Waals surface area contributed by atoms with Crippen LogP contribution in [-0.4, -0.2) is 25.3 Å². The summed E-state index contributed by atoms with van der Waals surface area (Å²) in [6.07, 6.45) is 4.87. The molecule has 72 valence electrons. The topological polar surface area (TPSA) is 21.3 Å². The third-order valence-corrected chi connectivity index (χ3v) is 2.91. The molecule has 0 aromatic heterocycles. The van der Waals surface area contributed by atoms with Gasteiger partial charge in [0.05, 0.1) is 5.60 Å². The van der Waals surface area contributed by atoms with Crippen molar-refractivity contribution in [1.82, 2.24) is 5.32 Å². The van der Waals surface area contributed by atoms with E-state index < -0.39 is 0 Å². The SMILES string of the molecule is CCCC(NC)C1(C)CCCO1. The molecule has 0 saturated carbocycles. The Hall–Kier alpha value is -0.0800. The molecule has 1 heterocycles. The van der Waals surface area contributed by atoms with Crippen LogP contribution in [0.15, 0.2) is 0 Å². The van der Waals surface area contributed by atoms with Gasteiger partial charge in [-0.1, -0.05) is 13.3 Å². The van der Waals surface area contributed by atoms with E-state index >= 15 is 0 Å². The van der Waals surface area contributed by atoms with E-state index in [1.807, 2.05) is 7.05 Å². The van der Waals surface area contributed by atoms with Crippen LogP contribution >= 0.6 is 0 Å². The Morgan fingerprint density at radius 3 is 2.75 bits per heavy atom. The second-order valence-corrected chi connectivity index (χ2v) is 3.89. The van der Waals surface area contributed by atoms with E-state index in [1.54, 1.807) is 0 Å². The van der Waals surface area contributed by atoms with E-state index in [4.69, 9.17) is 4.74 Å². The van der Waals surface area contributed by atoms with Crippen LogP contribution in [0.2, 0.25) is 0 Å². The van der Waals surface area contributed by atoms with Gasteiger partial charge >= 0.3 is 0 Å². The smallest absolute Gasteiger partial charge is 0.0807 e. The standard InChI is InChI=1S/C10H21NO/c1-4-6-9(11-3)10(2)7-5-8-12-10/h9,11H,4-8H2,1-3H3. The van der Waals surface area contributed by atoms with Gasteiger partial charge in [0.2, 0.25) is 0 Å². The van der Waals surface area contributed by atoms with Crippen molar-refractivity contribution < 1.29 is 4.74 Å². The normalized spacial score (nSPS) is 32.2. The second kappa shape index (κ2) is 4.24. The first-order valence-corrected chi connectivity index (χ1v) is 5.04. The molecule has 2 unspecified atom stereocenters. The van der Waals surface area contributed by atoms with E-state index in [0.717, 1.165) is 6.61 Å². The van der Waals surface area contributed by atoms with Crippen molar-refractivity contribution in [3.63, 3.8) is 0 Å². The lowest BCUT2D eigenvalue weighted by atomic mass is 9.90. The van der Waals surface area contributed by atoms with Gasteiger partial charge in [-0.05, 0) is 33.2 Å². The molecule has 1 fully saturated rings. The fraction of sp³-hybridized carbons (Fsp3) is 1.00. The summed E-state index contributed by atoms with van der Waals surface area (Å²) in [6.45, 7) is 5.40. The lowest BCUT2D eigenvalue weighted by Gasteiger charge is -2.33. The van der Waals surface area contributed by atoms with Gasteiger partial charge < -0.3 is 10.1 Å². The minimum atomic E-state index is 0.102. The summed E-state index contributed by atoms with van der Waals surface area (Å²) in [4.78, 5) is 0. The molecular formula is C10H21NO. The fourth-order valence-electron chi connectivity index (χ4n) is 2.12. The first-order valence-electron chi connectivity index (χ1n) is 5.04. The van der Waals surface area contributed by atoms with E-state index in [9.17, 15) is 0 Å². The highest BCUT2D eigenvalue weighted by Gasteiger charge is 2.36. The molecule has 0 aromatic rings. The zero-order valence-electron chi connectivity index (χ0n) is 8.52. The molecule has 1 saturated heterocycles. The summed E-state index contributed by atoms with van der Waals surface area (Å²) in [7, 11) is 2.03. The van der Waals surface area contributed by atoms with Crippen LogP contribution in [0, 0.1) is 0 Å². The average Bonchev–Trinajstić information content (AvgIpc) is 2.49. The first-order chi connectivity index (χ1) is 5.73. The lowest BCUT2D eigenvalue weighted by molar-refractivity contribution is -0.0119. The van der Waals surface area contributed by atoms with E-state index in [1.165, 1.54) is 25.7 Å². The van der Waals surface area contributed by atoms with Crippen LogP contribution < -0.4 is 5.32 Å². The minimum absolute atomic E-state index is 0.102. The van der Waals surface area contributed by atoms with Crippen molar-refractivity contribution in [3.05, 3.63) is 0 Å². The summed E-state index contributed by atoms with van der Waals surface area (Å²) in [6, 6.07) is 0.532. The van der Waals surface area contributed by atoms with Gasteiger partial charge in [0.25, 0.3) is 0 Å². The van der Waals surface area contributed by atoms with Gasteiger partial charge in [-0.3, -0.25) is 0 Å². The maximum atomic E-state index is 5.78. The molecule has 0 amide bonds. The van der Waals surface area contributed by atoms with Crippen molar-refractivity contribution in [3.8, 4) is 0 Å². The van der Waals surface area contributed by atoms with Crippen molar-refractivity contribution in [2.24, 2.45) is 0 Å². The highest BCUT2D eigenvalue weighted by atomic mass is 16.5. The van der Waals surface area contributed by atoms with E-state index in [2.05, 4.69) is 19.2 Å². The number of hydrogen-bond donors (Lipinski definition) is 1. The van der Waals surface area contributed by atoms with Crippen LogP contribution in [0.4, 0.5) is 0 Å². The molecule has 0 aromatic carbocycles. The van der Waals surface area contributed by atoms with E-state index in [0.29, 0.717) is 6.04 Å². The maximum Gasteiger partial charge on any atom is 0.0807 e. The Bertz CT molecular complexity index is 130. The Balaban J connectivity index is 2.50. The third-order valence-electron chi connectivity index (χ3n) is 2.91. The fourth-order valence-corrected chi connectivity index (χ4v) is 2.12. The summed E-state index contributed by atoms with van der Waals surface area (Å²) >= 11 is 0. The summed E-state index contributed by atoms with van der Waals surface area (Å²) in [5.41, 5.74) is 0.102. The van der Waals surface area contributed by atoms with Crippen LogP contribution in [-0.2, 0) is 4.74 Å². The van der Waals surface area contributed by atoms with Gasteiger partial charge in [0.1, 0.15) is 0 Å². The highest BCUT2D eigenvalue weighted by molar-refractivity contribution is 4.91. The zero-order valence-corrected chi connectivity index (χ0v) is 8.52.